The van der Waals surface area contributed by atoms with Crippen molar-refractivity contribution in [2.24, 2.45) is 0 Å². The number of aryl methyl sites for hydroxylation is 2. The van der Waals surface area contributed by atoms with Gasteiger partial charge in [0.2, 0.25) is 0 Å². The first kappa shape index (κ1) is 12.5. The third-order valence-electron chi connectivity index (χ3n) is 2.91. The minimum Gasteiger partial charge on any atom is -0.310 e. The van der Waals surface area contributed by atoms with E-state index in [-0.39, 0.29) is 11.4 Å². The first-order valence-corrected chi connectivity index (χ1v) is 5.89. The normalized spacial score (nSPS) is 10.7. The Hall–Kier alpha value is -1.97. The molecule has 4 heteroatoms. The van der Waals surface area contributed by atoms with Gasteiger partial charge in [-0.05, 0) is 26.0 Å². The van der Waals surface area contributed by atoms with Crippen LogP contribution in [0.5, 0.6) is 0 Å². The van der Waals surface area contributed by atoms with Gasteiger partial charge in [0.1, 0.15) is 11.6 Å². The summed E-state index contributed by atoms with van der Waals surface area (Å²) in [6.45, 7) is 5.43. The van der Waals surface area contributed by atoms with Gasteiger partial charge < -0.3 is 4.98 Å². The Labute approximate surface area is 105 Å². The van der Waals surface area contributed by atoms with E-state index in [0.29, 0.717) is 29.1 Å². The van der Waals surface area contributed by atoms with Crippen LogP contribution in [0, 0.1) is 19.7 Å². The number of H-pyrrole nitrogens is 1. The van der Waals surface area contributed by atoms with Gasteiger partial charge in [0.15, 0.2) is 0 Å². The third-order valence-corrected chi connectivity index (χ3v) is 2.91. The van der Waals surface area contributed by atoms with Crippen LogP contribution in [0.4, 0.5) is 4.39 Å². The molecule has 1 aromatic heterocycles. The molecule has 0 unspecified atom stereocenters. The summed E-state index contributed by atoms with van der Waals surface area (Å²) in [5.41, 5.74) is 1.98. The summed E-state index contributed by atoms with van der Waals surface area (Å²) in [7, 11) is 0. The van der Waals surface area contributed by atoms with Gasteiger partial charge in [-0.1, -0.05) is 18.6 Å². The predicted octanol–water partition coefficient (Wildman–Crippen LogP) is 2.76. The standard InChI is InChI=1S/C14H15FN2O/c1-4-12-16-13(9(3)14(18)17-12)10-7-8(2)5-6-11(10)15/h5-7H,4H2,1-3H3,(H,16,17,18). The molecular formula is C14H15FN2O. The minimum atomic E-state index is -0.358. The SMILES string of the molecule is CCc1nc(-c2cc(C)ccc2F)c(C)c(=O)[nH]1. The molecule has 0 atom stereocenters. The minimum absolute atomic E-state index is 0.210. The van der Waals surface area contributed by atoms with Gasteiger partial charge in [-0.25, -0.2) is 9.37 Å². The molecule has 0 radical (unpaired) electrons. The van der Waals surface area contributed by atoms with Gasteiger partial charge in [0.25, 0.3) is 5.56 Å². The fraction of sp³-hybridized carbons (Fsp3) is 0.286. The Balaban J connectivity index is 2.74. The average molecular weight is 246 g/mol. The number of aromatic amines is 1. The fourth-order valence-corrected chi connectivity index (χ4v) is 1.83. The molecule has 1 heterocycles. The predicted molar refractivity (Wildman–Crippen MR) is 69.1 cm³/mol. The number of hydrogen-bond donors (Lipinski definition) is 1. The van der Waals surface area contributed by atoms with E-state index in [2.05, 4.69) is 9.97 Å². The molecule has 94 valence electrons. The smallest absolute Gasteiger partial charge is 0.254 e. The van der Waals surface area contributed by atoms with E-state index in [4.69, 9.17) is 0 Å². The molecule has 1 N–H and O–H groups in total. The van der Waals surface area contributed by atoms with Crippen molar-refractivity contribution < 1.29 is 4.39 Å². The fourth-order valence-electron chi connectivity index (χ4n) is 1.83. The van der Waals surface area contributed by atoms with Gasteiger partial charge >= 0.3 is 0 Å². The summed E-state index contributed by atoms with van der Waals surface area (Å²) in [5.74, 6) is 0.213. The molecular weight excluding hydrogens is 231 g/mol. The van der Waals surface area contributed by atoms with Crippen molar-refractivity contribution >= 4 is 0 Å². The largest absolute Gasteiger partial charge is 0.310 e. The summed E-state index contributed by atoms with van der Waals surface area (Å²) in [4.78, 5) is 18.8. The molecule has 0 saturated heterocycles. The van der Waals surface area contributed by atoms with Crippen molar-refractivity contribution in [2.45, 2.75) is 27.2 Å². The molecule has 0 aliphatic carbocycles. The molecule has 1 aromatic carbocycles. The molecule has 0 spiro atoms. The Morgan fingerprint density at radius 1 is 1.33 bits per heavy atom. The first-order chi connectivity index (χ1) is 8.52. The van der Waals surface area contributed by atoms with Gasteiger partial charge in [-0.3, -0.25) is 4.79 Å². The second-order valence-electron chi connectivity index (χ2n) is 4.32. The zero-order chi connectivity index (χ0) is 13.3. The van der Waals surface area contributed by atoms with E-state index in [1.807, 2.05) is 13.8 Å². The van der Waals surface area contributed by atoms with E-state index < -0.39 is 0 Å². The van der Waals surface area contributed by atoms with Crippen LogP contribution in [-0.4, -0.2) is 9.97 Å². The van der Waals surface area contributed by atoms with Crippen molar-refractivity contribution in [1.82, 2.24) is 9.97 Å². The quantitative estimate of drug-likeness (QED) is 0.885. The molecule has 0 saturated carbocycles. The molecule has 3 nitrogen and oxygen atoms in total. The lowest BCUT2D eigenvalue weighted by Gasteiger charge is -2.08. The molecule has 0 aliphatic rings. The summed E-state index contributed by atoms with van der Waals surface area (Å²) < 4.78 is 13.9. The number of halogens is 1. The van der Waals surface area contributed by atoms with Crippen LogP contribution in [0.15, 0.2) is 23.0 Å². The summed E-state index contributed by atoms with van der Waals surface area (Å²) in [6.07, 6.45) is 0.607. The van der Waals surface area contributed by atoms with Crippen LogP contribution in [0.3, 0.4) is 0 Å². The summed E-state index contributed by atoms with van der Waals surface area (Å²) >= 11 is 0. The highest BCUT2D eigenvalue weighted by molar-refractivity contribution is 5.63. The monoisotopic (exact) mass is 246 g/mol. The average Bonchev–Trinajstić information content (AvgIpc) is 2.35. The first-order valence-electron chi connectivity index (χ1n) is 5.89. The Bertz CT molecular complexity index is 647. The highest BCUT2D eigenvalue weighted by Gasteiger charge is 2.13. The van der Waals surface area contributed by atoms with Crippen molar-refractivity contribution in [3.63, 3.8) is 0 Å². The zero-order valence-corrected chi connectivity index (χ0v) is 10.7. The highest BCUT2D eigenvalue weighted by Crippen LogP contribution is 2.23. The maximum absolute atomic E-state index is 13.9. The van der Waals surface area contributed by atoms with Gasteiger partial charge in [0.05, 0.1) is 5.69 Å². The number of hydrogen-bond acceptors (Lipinski definition) is 2. The summed E-state index contributed by atoms with van der Waals surface area (Å²) in [5, 5.41) is 0. The van der Waals surface area contributed by atoms with E-state index in [1.54, 1.807) is 19.1 Å². The number of nitrogens with zero attached hydrogens (tertiary/aromatic N) is 1. The lowest BCUT2D eigenvalue weighted by atomic mass is 10.0. The van der Waals surface area contributed by atoms with Gasteiger partial charge in [-0.2, -0.15) is 0 Å². The third kappa shape index (κ3) is 2.18. The van der Waals surface area contributed by atoms with Crippen molar-refractivity contribution in [3.05, 3.63) is 51.3 Å². The Morgan fingerprint density at radius 2 is 2.06 bits per heavy atom. The van der Waals surface area contributed by atoms with Crippen molar-refractivity contribution in [3.8, 4) is 11.3 Å². The van der Waals surface area contributed by atoms with E-state index in [1.165, 1.54) is 6.07 Å². The second kappa shape index (κ2) is 4.72. The van der Waals surface area contributed by atoms with E-state index in [9.17, 15) is 9.18 Å². The maximum Gasteiger partial charge on any atom is 0.254 e. The number of nitrogens with one attached hydrogen (secondary N) is 1. The lowest BCUT2D eigenvalue weighted by molar-refractivity contribution is 0.630. The molecule has 0 bridgehead atoms. The maximum atomic E-state index is 13.9. The van der Waals surface area contributed by atoms with Gasteiger partial charge in [0, 0.05) is 17.5 Å². The Kier molecular flexibility index (Phi) is 3.28. The van der Waals surface area contributed by atoms with Crippen LogP contribution < -0.4 is 5.56 Å². The van der Waals surface area contributed by atoms with Crippen LogP contribution in [0.2, 0.25) is 0 Å². The number of benzene rings is 1. The molecule has 2 rings (SSSR count). The van der Waals surface area contributed by atoms with Gasteiger partial charge in [-0.15, -0.1) is 0 Å². The second-order valence-corrected chi connectivity index (χ2v) is 4.32. The Morgan fingerprint density at radius 3 is 2.72 bits per heavy atom. The van der Waals surface area contributed by atoms with Crippen LogP contribution in [0.25, 0.3) is 11.3 Å². The zero-order valence-electron chi connectivity index (χ0n) is 10.7. The molecule has 18 heavy (non-hydrogen) atoms. The molecule has 0 fully saturated rings. The van der Waals surface area contributed by atoms with Crippen molar-refractivity contribution in [2.75, 3.05) is 0 Å². The topological polar surface area (TPSA) is 45.8 Å². The van der Waals surface area contributed by atoms with Crippen LogP contribution in [0.1, 0.15) is 23.9 Å². The molecule has 0 amide bonds. The number of rotatable bonds is 2. The van der Waals surface area contributed by atoms with Crippen LogP contribution in [-0.2, 0) is 6.42 Å². The summed E-state index contributed by atoms with van der Waals surface area (Å²) in [6, 6.07) is 4.81. The molecule has 2 aromatic rings. The van der Waals surface area contributed by atoms with Crippen molar-refractivity contribution in [1.29, 1.82) is 0 Å². The van der Waals surface area contributed by atoms with E-state index in [0.717, 1.165) is 5.56 Å². The van der Waals surface area contributed by atoms with Crippen LogP contribution >= 0.6 is 0 Å². The highest BCUT2D eigenvalue weighted by atomic mass is 19.1. The molecule has 0 aliphatic heterocycles. The number of aromatic nitrogens is 2. The lowest BCUT2D eigenvalue weighted by Crippen LogP contribution is -2.16. The van der Waals surface area contributed by atoms with E-state index >= 15 is 0 Å².